The molecular weight excluding hydrogens is 276 g/mol. The highest BCUT2D eigenvalue weighted by atomic mass is 16.5. The molecule has 120 valence electrons. The second-order valence-corrected chi connectivity index (χ2v) is 6.52. The molecule has 0 bridgehead atoms. The SMILES string of the molecule is COCCCOc1cccc(-c2[nH]c(C)nc2C(C)(C)C)c1. The van der Waals surface area contributed by atoms with Crippen molar-refractivity contribution in [3.8, 4) is 17.0 Å². The minimum Gasteiger partial charge on any atom is -0.493 e. The van der Waals surface area contributed by atoms with Gasteiger partial charge in [0, 0.05) is 31.1 Å². The number of nitrogens with one attached hydrogen (secondary N) is 1. The molecule has 2 aromatic rings. The zero-order valence-electron chi connectivity index (χ0n) is 14.2. The van der Waals surface area contributed by atoms with Gasteiger partial charge in [0.25, 0.3) is 0 Å². The van der Waals surface area contributed by atoms with Gasteiger partial charge in [-0.2, -0.15) is 0 Å². The van der Waals surface area contributed by atoms with E-state index >= 15 is 0 Å². The van der Waals surface area contributed by atoms with Crippen LogP contribution in [0.2, 0.25) is 0 Å². The van der Waals surface area contributed by atoms with Gasteiger partial charge in [-0.3, -0.25) is 0 Å². The van der Waals surface area contributed by atoms with Crippen LogP contribution in [0.25, 0.3) is 11.3 Å². The molecule has 0 spiro atoms. The lowest BCUT2D eigenvalue weighted by atomic mass is 9.89. The van der Waals surface area contributed by atoms with Crippen LogP contribution in [-0.2, 0) is 10.2 Å². The lowest BCUT2D eigenvalue weighted by molar-refractivity contribution is 0.172. The molecule has 0 radical (unpaired) electrons. The van der Waals surface area contributed by atoms with Gasteiger partial charge in [-0.15, -0.1) is 0 Å². The summed E-state index contributed by atoms with van der Waals surface area (Å²) < 4.78 is 10.8. The molecule has 0 aliphatic rings. The van der Waals surface area contributed by atoms with Crippen molar-refractivity contribution in [2.24, 2.45) is 0 Å². The standard InChI is InChI=1S/C18H26N2O2/c1-13-19-16(17(20-13)18(2,3)4)14-8-6-9-15(12-14)22-11-7-10-21-5/h6,8-9,12H,7,10-11H2,1-5H3,(H,19,20). The third-order valence-corrected chi connectivity index (χ3v) is 3.42. The van der Waals surface area contributed by atoms with Crippen LogP contribution in [-0.4, -0.2) is 30.3 Å². The maximum atomic E-state index is 5.79. The largest absolute Gasteiger partial charge is 0.493 e. The molecule has 0 aliphatic carbocycles. The predicted octanol–water partition coefficient (Wildman–Crippen LogP) is 4.10. The maximum absolute atomic E-state index is 5.79. The van der Waals surface area contributed by atoms with Gasteiger partial charge in [0.1, 0.15) is 11.6 Å². The lowest BCUT2D eigenvalue weighted by Crippen LogP contribution is -2.13. The molecular formula is C18H26N2O2. The molecule has 4 heteroatoms. The van der Waals surface area contributed by atoms with Gasteiger partial charge in [-0.05, 0) is 19.1 Å². The third kappa shape index (κ3) is 4.10. The van der Waals surface area contributed by atoms with Crippen LogP contribution in [0.4, 0.5) is 0 Å². The number of nitrogens with zero attached hydrogens (tertiary/aromatic N) is 1. The van der Waals surface area contributed by atoms with Crippen molar-refractivity contribution >= 4 is 0 Å². The number of aromatic nitrogens is 2. The molecule has 22 heavy (non-hydrogen) atoms. The van der Waals surface area contributed by atoms with Crippen molar-refractivity contribution in [3.05, 3.63) is 35.8 Å². The van der Waals surface area contributed by atoms with Gasteiger partial charge >= 0.3 is 0 Å². The van der Waals surface area contributed by atoms with E-state index in [-0.39, 0.29) is 5.41 Å². The molecule has 0 saturated carbocycles. The molecule has 1 N–H and O–H groups in total. The number of hydrogen-bond donors (Lipinski definition) is 1. The van der Waals surface area contributed by atoms with E-state index in [1.54, 1.807) is 7.11 Å². The van der Waals surface area contributed by atoms with Crippen molar-refractivity contribution in [1.82, 2.24) is 9.97 Å². The third-order valence-electron chi connectivity index (χ3n) is 3.42. The fourth-order valence-electron chi connectivity index (χ4n) is 2.38. The minimum absolute atomic E-state index is 0.00454. The first kappa shape index (κ1) is 16.6. The summed E-state index contributed by atoms with van der Waals surface area (Å²) in [4.78, 5) is 8.05. The molecule has 0 saturated heterocycles. The quantitative estimate of drug-likeness (QED) is 0.817. The van der Waals surface area contributed by atoms with E-state index in [0.717, 1.165) is 34.9 Å². The van der Waals surface area contributed by atoms with Crippen LogP contribution in [0.15, 0.2) is 24.3 Å². The fraction of sp³-hybridized carbons (Fsp3) is 0.500. The minimum atomic E-state index is -0.00454. The van der Waals surface area contributed by atoms with E-state index < -0.39 is 0 Å². The van der Waals surface area contributed by atoms with Gasteiger partial charge in [0.15, 0.2) is 0 Å². The molecule has 0 amide bonds. The van der Waals surface area contributed by atoms with Gasteiger partial charge in [-0.25, -0.2) is 4.98 Å². The summed E-state index contributed by atoms with van der Waals surface area (Å²) in [5.41, 5.74) is 3.26. The zero-order valence-corrected chi connectivity index (χ0v) is 14.2. The van der Waals surface area contributed by atoms with E-state index in [1.807, 2.05) is 19.1 Å². The first-order chi connectivity index (χ1) is 10.4. The van der Waals surface area contributed by atoms with Crippen molar-refractivity contribution in [1.29, 1.82) is 0 Å². The topological polar surface area (TPSA) is 47.1 Å². The van der Waals surface area contributed by atoms with Crippen LogP contribution in [0.3, 0.4) is 0 Å². The van der Waals surface area contributed by atoms with Gasteiger partial charge in [-0.1, -0.05) is 32.9 Å². The normalized spacial score (nSPS) is 11.7. The molecule has 0 unspecified atom stereocenters. The number of methoxy groups -OCH3 is 1. The Morgan fingerprint density at radius 2 is 1.95 bits per heavy atom. The maximum Gasteiger partial charge on any atom is 0.119 e. The van der Waals surface area contributed by atoms with Crippen LogP contribution >= 0.6 is 0 Å². The van der Waals surface area contributed by atoms with E-state index in [1.165, 1.54) is 0 Å². The molecule has 4 nitrogen and oxygen atoms in total. The van der Waals surface area contributed by atoms with Gasteiger partial charge in [0.2, 0.25) is 0 Å². The second kappa shape index (κ2) is 6.97. The number of H-pyrrole nitrogens is 1. The number of rotatable bonds is 6. The summed E-state index contributed by atoms with van der Waals surface area (Å²) >= 11 is 0. The summed E-state index contributed by atoms with van der Waals surface area (Å²) in [6, 6.07) is 8.15. The summed E-state index contributed by atoms with van der Waals surface area (Å²) in [6.07, 6.45) is 0.886. The van der Waals surface area contributed by atoms with Crippen molar-refractivity contribution in [3.63, 3.8) is 0 Å². The second-order valence-electron chi connectivity index (χ2n) is 6.52. The Kier molecular flexibility index (Phi) is 5.24. The zero-order chi connectivity index (χ0) is 16.2. The number of imidazole rings is 1. The number of aryl methyl sites for hydroxylation is 1. The monoisotopic (exact) mass is 302 g/mol. The van der Waals surface area contributed by atoms with E-state index in [2.05, 4.69) is 42.9 Å². The smallest absolute Gasteiger partial charge is 0.119 e. The Morgan fingerprint density at radius 3 is 2.64 bits per heavy atom. The molecule has 0 fully saturated rings. The van der Waals surface area contributed by atoms with Gasteiger partial charge in [0.05, 0.1) is 18.0 Å². The highest BCUT2D eigenvalue weighted by Gasteiger charge is 2.23. The number of benzene rings is 1. The first-order valence-corrected chi connectivity index (χ1v) is 7.71. The first-order valence-electron chi connectivity index (χ1n) is 7.71. The van der Waals surface area contributed by atoms with E-state index in [4.69, 9.17) is 9.47 Å². The van der Waals surface area contributed by atoms with Crippen LogP contribution in [0.1, 0.15) is 38.7 Å². The summed E-state index contributed by atoms with van der Waals surface area (Å²) in [5, 5.41) is 0. The number of hydrogen-bond acceptors (Lipinski definition) is 3. The average molecular weight is 302 g/mol. The summed E-state index contributed by atoms with van der Waals surface area (Å²) in [6.45, 7) is 9.90. The highest BCUT2D eigenvalue weighted by Crippen LogP contribution is 2.32. The van der Waals surface area contributed by atoms with E-state index in [9.17, 15) is 0 Å². The molecule has 1 aromatic heterocycles. The molecule has 1 heterocycles. The van der Waals surface area contributed by atoms with E-state index in [0.29, 0.717) is 13.2 Å². The predicted molar refractivity (Wildman–Crippen MR) is 89.4 cm³/mol. The Bertz CT molecular complexity index is 612. The van der Waals surface area contributed by atoms with Crippen molar-refractivity contribution < 1.29 is 9.47 Å². The number of aromatic amines is 1. The number of ether oxygens (including phenoxy) is 2. The van der Waals surface area contributed by atoms with Crippen molar-refractivity contribution in [2.75, 3.05) is 20.3 Å². The Labute approximate surface area is 132 Å². The van der Waals surface area contributed by atoms with Crippen molar-refractivity contribution in [2.45, 2.75) is 39.5 Å². The average Bonchev–Trinajstić information content (AvgIpc) is 2.86. The highest BCUT2D eigenvalue weighted by molar-refractivity contribution is 5.65. The fourth-order valence-corrected chi connectivity index (χ4v) is 2.38. The lowest BCUT2D eigenvalue weighted by Gasteiger charge is -2.18. The molecule has 0 aliphatic heterocycles. The van der Waals surface area contributed by atoms with Crippen LogP contribution in [0, 0.1) is 6.92 Å². The van der Waals surface area contributed by atoms with Crippen LogP contribution in [0.5, 0.6) is 5.75 Å². The summed E-state index contributed by atoms with van der Waals surface area (Å²) in [7, 11) is 1.70. The molecule has 2 rings (SSSR count). The van der Waals surface area contributed by atoms with Crippen LogP contribution < -0.4 is 4.74 Å². The Morgan fingerprint density at radius 1 is 1.18 bits per heavy atom. The Hall–Kier alpha value is -1.81. The van der Waals surface area contributed by atoms with Gasteiger partial charge < -0.3 is 14.5 Å². The summed E-state index contributed by atoms with van der Waals surface area (Å²) in [5.74, 6) is 1.81. The Balaban J connectivity index is 2.23. The molecule has 0 atom stereocenters. The molecule has 1 aromatic carbocycles.